The second-order valence-corrected chi connectivity index (χ2v) is 4.94. The number of amides is 1. The number of fused-ring (bicyclic) bond motifs is 1. The van der Waals surface area contributed by atoms with Crippen LogP contribution < -0.4 is 16.2 Å². The van der Waals surface area contributed by atoms with Crippen LogP contribution in [0.1, 0.15) is 36.9 Å². The number of carbonyl (C=O) groups excluding carboxylic acids is 1. The van der Waals surface area contributed by atoms with Gasteiger partial charge in [0, 0.05) is 6.04 Å². The van der Waals surface area contributed by atoms with Crippen LogP contribution in [0.3, 0.4) is 0 Å². The van der Waals surface area contributed by atoms with Gasteiger partial charge in [0.2, 0.25) is 5.91 Å². The largest absolute Gasteiger partial charge is 0.492 e. The Morgan fingerprint density at radius 3 is 3.06 bits per heavy atom. The molecule has 1 amide bonds. The molecule has 18 heavy (non-hydrogen) atoms. The Hall–Kier alpha value is -1.55. The Balaban J connectivity index is 2.14. The van der Waals surface area contributed by atoms with Crippen LogP contribution in [-0.2, 0) is 11.2 Å². The van der Waals surface area contributed by atoms with Crippen molar-refractivity contribution in [1.29, 1.82) is 0 Å². The summed E-state index contributed by atoms with van der Waals surface area (Å²) in [6, 6.07) is 6.05. The third-order valence-electron chi connectivity index (χ3n) is 3.49. The van der Waals surface area contributed by atoms with E-state index >= 15 is 0 Å². The monoisotopic (exact) mass is 248 g/mol. The normalized spacial score (nSPS) is 20.0. The molecule has 0 saturated carbocycles. The maximum atomic E-state index is 11.0. The van der Waals surface area contributed by atoms with Crippen LogP contribution in [0, 0.1) is 5.92 Å². The van der Waals surface area contributed by atoms with E-state index in [1.807, 2.05) is 12.1 Å². The minimum absolute atomic E-state index is 0.103. The molecule has 0 bridgehead atoms. The quantitative estimate of drug-likeness (QED) is 0.848. The molecule has 0 fully saturated rings. The van der Waals surface area contributed by atoms with E-state index in [1.165, 1.54) is 11.1 Å². The Morgan fingerprint density at radius 2 is 2.33 bits per heavy atom. The van der Waals surface area contributed by atoms with Crippen LogP contribution in [0.4, 0.5) is 0 Å². The number of nitrogens with two attached hydrogens (primary N) is 2. The average molecular weight is 248 g/mol. The fraction of sp³-hybridized carbons (Fsp3) is 0.500. The predicted molar refractivity (Wildman–Crippen MR) is 70.2 cm³/mol. The minimum atomic E-state index is -0.337. The van der Waals surface area contributed by atoms with E-state index in [-0.39, 0.29) is 17.9 Å². The summed E-state index contributed by atoms with van der Waals surface area (Å²) >= 11 is 0. The third-order valence-corrected chi connectivity index (χ3v) is 3.49. The smallest absolute Gasteiger partial charge is 0.223 e. The molecular weight excluding hydrogens is 228 g/mol. The molecule has 2 atom stereocenters. The van der Waals surface area contributed by atoms with E-state index in [0.717, 1.165) is 25.0 Å². The van der Waals surface area contributed by atoms with Crippen LogP contribution >= 0.6 is 0 Å². The van der Waals surface area contributed by atoms with Crippen LogP contribution in [-0.4, -0.2) is 12.5 Å². The van der Waals surface area contributed by atoms with Crippen LogP contribution in [0.25, 0.3) is 0 Å². The van der Waals surface area contributed by atoms with E-state index in [2.05, 4.69) is 6.07 Å². The summed E-state index contributed by atoms with van der Waals surface area (Å²) in [5.74, 6) is 0.227. The Labute approximate surface area is 107 Å². The highest BCUT2D eigenvalue weighted by Crippen LogP contribution is 2.34. The van der Waals surface area contributed by atoms with E-state index < -0.39 is 0 Å². The Bertz CT molecular complexity index is 445. The molecule has 0 saturated heterocycles. The lowest BCUT2D eigenvalue weighted by atomic mass is 9.87. The number of ether oxygens (including phenoxy) is 1. The summed E-state index contributed by atoms with van der Waals surface area (Å²) in [6.07, 6.45) is 3.10. The third kappa shape index (κ3) is 2.64. The van der Waals surface area contributed by atoms with Gasteiger partial charge in [-0.3, -0.25) is 4.79 Å². The molecule has 0 radical (unpaired) electrons. The minimum Gasteiger partial charge on any atom is -0.492 e. The van der Waals surface area contributed by atoms with Gasteiger partial charge in [0.15, 0.2) is 0 Å². The van der Waals surface area contributed by atoms with Gasteiger partial charge in [-0.15, -0.1) is 0 Å². The maximum absolute atomic E-state index is 11.0. The van der Waals surface area contributed by atoms with Crippen molar-refractivity contribution in [1.82, 2.24) is 0 Å². The fourth-order valence-corrected chi connectivity index (χ4v) is 2.28. The number of hydrogen-bond donors (Lipinski definition) is 2. The predicted octanol–water partition coefficient (Wildman–Crippen LogP) is 1.52. The van der Waals surface area contributed by atoms with Gasteiger partial charge in [0.25, 0.3) is 0 Å². The van der Waals surface area contributed by atoms with Gasteiger partial charge in [-0.05, 0) is 36.5 Å². The number of hydrogen-bond acceptors (Lipinski definition) is 3. The lowest BCUT2D eigenvalue weighted by Gasteiger charge is -2.24. The molecule has 1 aromatic rings. The summed E-state index contributed by atoms with van der Waals surface area (Å²) in [7, 11) is 0. The Morgan fingerprint density at radius 1 is 1.56 bits per heavy atom. The first-order valence-electron chi connectivity index (χ1n) is 6.39. The zero-order valence-electron chi connectivity index (χ0n) is 10.7. The van der Waals surface area contributed by atoms with Gasteiger partial charge in [0.1, 0.15) is 5.75 Å². The lowest BCUT2D eigenvalue weighted by Crippen LogP contribution is -2.26. The molecule has 98 valence electrons. The van der Waals surface area contributed by atoms with Crippen molar-refractivity contribution in [2.45, 2.75) is 32.2 Å². The van der Waals surface area contributed by atoms with Crippen molar-refractivity contribution in [3.63, 3.8) is 0 Å². The summed E-state index contributed by atoms with van der Waals surface area (Å²) in [4.78, 5) is 11.0. The molecule has 4 nitrogen and oxygen atoms in total. The first kappa shape index (κ1) is 12.9. The van der Waals surface area contributed by atoms with Crippen LogP contribution in [0.2, 0.25) is 0 Å². The zero-order chi connectivity index (χ0) is 13.1. The van der Waals surface area contributed by atoms with Gasteiger partial charge in [-0.25, -0.2) is 0 Å². The molecule has 1 aliphatic rings. The molecule has 4 heteroatoms. The summed E-state index contributed by atoms with van der Waals surface area (Å²) in [5.41, 5.74) is 13.7. The van der Waals surface area contributed by atoms with Crippen molar-refractivity contribution in [2.24, 2.45) is 17.4 Å². The van der Waals surface area contributed by atoms with Crippen molar-refractivity contribution < 1.29 is 9.53 Å². The second-order valence-electron chi connectivity index (χ2n) is 4.94. The summed E-state index contributed by atoms with van der Waals surface area (Å²) in [6.45, 7) is 2.09. The molecule has 0 aliphatic heterocycles. The molecule has 0 spiro atoms. The van der Waals surface area contributed by atoms with Gasteiger partial charge in [0.05, 0.1) is 12.5 Å². The highest BCUT2D eigenvalue weighted by Gasteiger charge is 2.20. The standard InChI is InChI=1S/C14H20N2O2/c1-9(14(16)17)8-18-13-7-3-4-10-11(13)5-2-6-12(10)15/h3-4,7,9,12H,2,5-6,8,15H2,1H3,(H2,16,17). The van der Waals surface area contributed by atoms with E-state index in [1.54, 1.807) is 6.92 Å². The molecule has 0 heterocycles. The molecule has 0 aromatic heterocycles. The molecule has 4 N–H and O–H groups in total. The topological polar surface area (TPSA) is 78.3 Å². The molecular formula is C14H20N2O2. The van der Waals surface area contributed by atoms with Gasteiger partial charge in [-0.2, -0.15) is 0 Å². The SMILES string of the molecule is CC(COc1cccc2c1CCCC2N)C(N)=O. The zero-order valence-corrected chi connectivity index (χ0v) is 10.7. The Kier molecular flexibility index (Phi) is 3.87. The molecule has 2 unspecified atom stereocenters. The maximum Gasteiger partial charge on any atom is 0.223 e. The second kappa shape index (κ2) is 5.40. The van der Waals surface area contributed by atoms with Crippen LogP contribution in [0.5, 0.6) is 5.75 Å². The summed E-state index contributed by atoms with van der Waals surface area (Å²) in [5, 5.41) is 0. The number of benzene rings is 1. The molecule has 1 aromatic carbocycles. The van der Waals surface area contributed by atoms with E-state index in [4.69, 9.17) is 16.2 Å². The number of rotatable bonds is 4. The average Bonchev–Trinajstić information content (AvgIpc) is 2.36. The molecule has 2 rings (SSSR count). The lowest BCUT2D eigenvalue weighted by molar-refractivity contribution is -0.122. The van der Waals surface area contributed by atoms with Gasteiger partial charge < -0.3 is 16.2 Å². The summed E-state index contributed by atoms with van der Waals surface area (Å²) < 4.78 is 5.72. The highest BCUT2D eigenvalue weighted by molar-refractivity contribution is 5.76. The molecule has 1 aliphatic carbocycles. The van der Waals surface area contributed by atoms with Crippen molar-refractivity contribution >= 4 is 5.91 Å². The van der Waals surface area contributed by atoms with Crippen molar-refractivity contribution in [3.05, 3.63) is 29.3 Å². The van der Waals surface area contributed by atoms with Crippen LogP contribution in [0.15, 0.2) is 18.2 Å². The van der Waals surface area contributed by atoms with Crippen molar-refractivity contribution in [2.75, 3.05) is 6.61 Å². The first-order valence-corrected chi connectivity index (χ1v) is 6.39. The fourth-order valence-electron chi connectivity index (χ4n) is 2.28. The van der Waals surface area contributed by atoms with E-state index in [0.29, 0.717) is 6.61 Å². The highest BCUT2D eigenvalue weighted by atomic mass is 16.5. The van der Waals surface area contributed by atoms with Gasteiger partial charge in [-0.1, -0.05) is 19.1 Å². The van der Waals surface area contributed by atoms with E-state index in [9.17, 15) is 4.79 Å². The first-order chi connectivity index (χ1) is 8.59. The number of primary amides is 1. The van der Waals surface area contributed by atoms with Gasteiger partial charge >= 0.3 is 0 Å². The number of carbonyl (C=O) groups is 1. The van der Waals surface area contributed by atoms with Crippen molar-refractivity contribution in [3.8, 4) is 5.75 Å².